The molecule has 0 aliphatic heterocycles. The molecule has 3 aromatic rings. The lowest BCUT2D eigenvalue weighted by atomic mass is 10.2. The highest BCUT2D eigenvalue weighted by Crippen LogP contribution is 2.22. The fourth-order valence-electron chi connectivity index (χ4n) is 3.58. The number of rotatable bonds is 11. The molecule has 16 heteroatoms. The van der Waals surface area contributed by atoms with Gasteiger partial charge in [-0.2, -0.15) is 19.8 Å². The Morgan fingerprint density at radius 2 is 1.62 bits per heavy atom. The topological polar surface area (TPSA) is 206 Å². The van der Waals surface area contributed by atoms with Crippen LogP contribution in [0, 0.1) is 22.7 Å². The van der Waals surface area contributed by atoms with Gasteiger partial charge in [-0.3, -0.25) is 9.59 Å². The van der Waals surface area contributed by atoms with Crippen molar-refractivity contribution >= 4 is 53.5 Å². The molecule has 0 bridgehead atoms. The molecule has 2 aromatic carbocycles. The van der Waals surface area contributed by atoms with E-state index in [1.807, 2.05) is 12.1 Å². The second-order valence-electron chi connectivity index (χ2n) is 8.11. The standard InChI is InChI=1S/C24H24N6O7S3/c1-2-37-22(31)16-30-20-10-9-19(39(27,33)34)15-21(20)38-24(30)28-23(32)17-5-7-18(8-6-17)40(35,36)29(13-3-11-25)14-4-12-26/h5-10,15H,2-4,13-14,16H2,1H3,(H2,27,33,34). The molecule has 1 aromatic heterocycles. The Labute approximate surface area is 234 Å². The van der Waals surface area contributed by atoms with Gasteiger partial charge in [0, 0.05) is 31.5 Å². The SMILES string of the molecule is CCOC(=O)Cn1c(=NC(=O)c2ccc(S(=O)(=O)N(CCC#N)CCC#N)cc2)sc2cc(S(N)(=O)=O)ccc21. The van der Waals surface area contributed by atoms with E-state index in [-0.39, 0.29) is 59.2 Å². The zero-order valence-electron chi connectivity index (χ0n) is 21.2. The highest BCUT2D eigenvalue weighted by atomic mass is 32.2. The van der Waals surface area contributed by atoms with Crippen molar-refractivity contribution in [3.8, 4) is 12.1 Å². The monoisotopic (exact) mass is 604 g/mol. The summed E-state index contributed by atoms with van der Waals surface area (Å²) in [6.45, 7) is 1.29. The van der Waals surface area contributed by atoms with Crippen LogP contribution < -0.4 is 9.94 Å². The molecule has 0 unspecified atom stereocenters. The molecule has 0 fully saturated rings. The van der Waals surface area contributed by atoms with Crippen LogP contribution >= 0.6 is 11.3 Å². The number of hydrogen-bond donors (Lipinski definition) is 1. The first-order valence-corrected chi connectivity index (χ1v) is 15.5. The van der Waals surface area contributed by atoms with Crippen molar-refractivity contribution in [3.05, 3.63) is 52.8 Å². The Bertz CT molecular complexity index is 1780. The number of aromatic nitrogens is 1. The summed E-state index contributed by atoms with van der Waals surface area (Å²) in [5, 5.41) is 22.9. The van der Waals surface area contributed by atoms with Crippen LogP contribution in [0.4, 0.5) is 0 Å². The molecule has 0 saturated carbocycles. The Balaban J connectivity index is 2.01. The molecule has 1 heterocycles. The van der Waals surface area contributed by atoms with Crippen molar-refractivity contribution in [2.75, 3.05) is 19.7 Å². The maximum Gasteiger partial charge on any atom is 0.326 e. The first-order valence-electron chi connectivity index (χ1n) is 11.7. The lowest BCUT2D eigenvalue weighted by molar-refractivity contribution is -0.143. The fraction of sp³-hybridized carbons (Fsp3) is 0.292. The van der Waals surface area contributed by atoms with E-state index >= 15 is 0 Å². The molecule has 40 heavy (non-hydrogen) atoms. The zero-order chi connectivity index (χ0) is 29.5. The Morgan fingerprint density at radius 1 is 1.02 bits per heavy atom. The number of carbonyl (C=O) groups is 2. The van der Waals surface area contributed by atoms with E-state index in [1.165, 1.54) is 47.0 Å². The highest BCUT2D eigenvalue weighted by molar-refractivity contribution is 7.89. The van der Waals surface area contributed by atoms with Gasteiger partial charge in [-0.1, -0.05) is 11.3 Å². The highest BCUT2D eigenvalue weighted by Gasteiger charge is 2.24. The minimum absolute atomic E-state index is 0.0462. The number of carbonyl (C=O) groups excluding carboxylic acids is 2. The first-order chi connectivity index (χ1) is 18.9. The average Bonchev–Trinajstić information content (AvgIpc) is 3.24. The number of nitriles is 2. The zero-order valence-corrected chi connectivity index (χ0v) is 23.6. The minimum Gasteiger partial charge on any atom is -0.465 e. The number of ether oxygens (including phenoxy) is 1. The Kier molecular flexibility index (Phi) is 9.91. The van der Waals surface area contributed by atoms with Crippen LogP contribution in [0.1, 0.15) is 30.1 Å². The number of hydrogen-bond acceptors (Lipinski definition) is 10. The summed E-state index contributed by atoms with van der Waals surface area (Å²) < 4.78 is 57.5. The summed E-state index contributed by atoms with van der Waals surface area (Å²) >= 11 is 0.956. The third kappa shape index (κ3) is 7.17. The van der Waals surface area contributed by atoms with Crippen molar-refractivity contribution in [3.63, 3.8) is 0 Å². The molecule has 0 aliphatic rings. The van der Waals surface area contributed by atoms with Crippen LogP contribution in [0.2, 0.25) is 0 Å². The van der Waals surface area contributed by atoms with Crippen LogP contribution in [-0.4, -0.2) is 57.3 Å². The molecule has 2 N–H and O–H groups in total. The molecule has 0 saturated heterocycles. The Hall–Kier alpha value is -3.93. The van der Waals surface area contributed by atoms with Crippen LogP contribution in [0.3, 0.4) is 0 Å². The van der Waals surface area contributed by atoms with Gasteiger partial charge in [0.25, 0.3) is 5.91 Å². The van der Waals surface area contributed by atoms with Gasteiger partial charge < -0.3 is 9.30 Å². The number of fused-ring (bicyclic) bond motifs is 1. The van der Waals surface area contributed by atoms with Gasteiger partial charge in [-0.25, -0.2) is 22.0 Å². The summed E-state index contributed by atoms with van der Waals surface area (Å²) in [6, 6.07) is 12.8. The maximum atomic E-state index is 13.0. The second-order valence-corrected chi connectivity index (χ2v) is 12.6. The fourth-order valence-corrected chi connectivity index (χ4v) is 6.70. The lowest BCUT2D eigenvalue weighted by Gasteiger charge is -2.20. The smallest absolute Gasteiger partial charge is 0.326 e. The quantitative estimate of drug-likeness (QED) is 0.314. The molecular weight excluding hydrogens is 581 g/mol. The number of benzene rings is 2. The summed E-state index contributed by atoms with van der Waals surface area (Å²) in [7, 11) is -8.03. The maximum absolute atomic E-state index is 13.0. The van der Waals surface area contributed by atoms with E-state index in [9.17, 15) is 26.4 Å². The number of nitrogens with zero attached hydrogens (tertiary/aromatic N) is 5. The third-order valence-corrected chi connectivity index (χ3v) is 9.32. The van der Waals surface area contributed by atoms with Crippen LogP contribution in [-0.2, 0) is 36.1 Å². The molecular formula is C24H24N6O7S3. The average molecular weight is 605 g/mol. The van der Waals surface area contributed by atoms with E-state index in [0.29, 0.717) is 10.2 Å². The van der Waals surface area contributed by atoms with Gasteiger partial charge in [0.05, 0.1) is 38.8 Å². The van der Waals surface area contributed by atoms with Gasteiger partial charge in [-0.05, 0) is 49.4 Å². The number of amides is 1. The van der Waals surface area contributed by atoms with Crippen molar-refractivity contribution < 1.29 is 31.2 Å². The van der Waals surface area contributed by atoms with E-state index in [4.69, 9.17) is 20.4 Å². The Morgan fingerprint density at radius 3 is 2.17 bits per heavy atom. The number of thiazole rings is 1. The largest absolute Gasteiger partial charge is 0.465 e. The van der Waals surface area contributed by atoms with E-state index in [0.717, 1.165) is 15.6 Å². The van der Waals surface area contributed by atoms with E-state index < -0.39 is 31.9 Å². The number of primary sulfonamides is 1. The van der Waals surface area contributed by atoms with Gasteiger partial charge in [0.1, 0.15) is 6.54 Å². The van der Waals surface area contributed by atoms with E-state index in [2.05, 4.69) is 4.99 Å². The number of nitrogens with two attached hydrogens (primary N) is 1. The molecule has 210 valence electrons. The van der Waals surface area contributed by atoms with Crippen molar-refractivity contribution in [1.29, 1.82) is 10.5 Å². The van der Waals surface area contributed by atoms with Crippen molar-refractivity contribution in [2.24, 2.45) is 10.1 Å². The molecule has 0 spiro atoms. The number of esters is 1. The number of sulfonamides is 2. The predicted octanol–water partition coefficient (Wildman–Crippen LogP) is 1.47. The van der Waals surface area contributed by atoms with Gasteiger partial charge in [-0.15, -0.1) is 0 Å². The molecule has 0 radical (unpaired) electrons. The van der Waals surface area contributed by atoms with Gasteiger partial charge >= 0.3 is 5.97 Å². The molecule has 13 nitrogen and oxygen atoms in total. The first kappa shape index (κ1) is 30.6. The van der Waals surface area contributed by atoms with Crippen LogP contribution in [0.15, 0.2) is 57.2 Å². The van der Waals surface area contributed by atoms with Gasteiger partial charge in [0.2, 0.25) is 20.0 Å². The summed E-state index contributed by atoms with van der Waals surface area (Å²) in [5.74, 6) is -1.34. The van der Waals surface area contributed by atoms with E-state index in [1.54, 1.807) is 6.92 Å². The second kappa shape index (κ2) is 12.9. The molecule has 3 rings (SSSR count). The molecule has 0 aliphatic carbocycles. The predicted molar refractivity (Wildman–Crippen MR) is 143 cm³/mol. The lowest BCUT2D eigenvalue weighted by Crippen LogP contribution is -2.32. The van der Waals surface area contributed by atoms with Crippen molar-refractivity contribution in [2.45, 2.75) is 36.1 Å². The summed E-state index contributed by atoms with van der Waals surface area (Å²) in [4.78, 5) is 29.1. The van der Waals surface area contributed by atoms with Crippen LogP contribution in [0.5, 0.6) is 0 Å². The minimum atomic E-state index is -4.03. The summed E-state index contributed by atoms with van der Waals surface area (Å²) in [6.07, 6.45) is -0.112. The van der Waals surface area contributed by atoms with Crippen LogP contribution in [0.25, 0.3) is 10.2 Å². The summed E-state index contributed by atoms with van der Waals surface area (Å²) in [5.41, 5.74) is 0.471. The third-order valence-electron chi connectivity index (χ3n) is 5.46. The normalized spacial score (nSPS) is 12.3. The van der Waals surface area contributed by atoms with Gasteiger partial charge in [0.15, 0.2) is 4.80 Å². The molecule has 0 atom stereocenters. The van der Waals surface area contributed by atoms with Crippen molar-refractivity contribution in [1.82, 2.24) is 8.87 Å². The molecule has 1 amide bonds.